The number of hydrogen-bond donors (Lipinski definition) is 3. The normalized spacial score (nSPS) is 15.3. The fourth-order valence-electron chi connectivity index (χ4n) is 13.3. The van der Waals surface area contributed by atoms with Crippen LogP contribution in [0.2, 0.25) is 0 Å². The average molecular weight is 1510 g/mol. The molecule has 3 aliphatic rings. The maximum Gasteiger partial charge on any atom is 0.449 e. The minimum atomic E-state index is -4.78. The third-order valence-corrected chi connectivity index (χ3v) is 19.4. The average Bonchev–Trinajstić information content (AvgIpc) is 0.883. The van der Waals surface area contributed by atoms with Crippen LogP contribution in [0.25, 0.3) is 0 Å². The Balaban J connectivity index is 0.000000176. The van der Waals surface area contributed by atoms with Gasteiger partial charge in [0.1, 0.15) is 54.5 Å². The van der Waals surface area contributed by atoms with E-state index in [1.54, 1.807) is 66.3 Å². The highest BCUT2D eigenvalue weighted by Crippen LogP contribution is 2.37. The first-order valence-electron chi connectivity index (χ1n) is 33.7. The van der Waals surface area contributed by atoms with Gasteiger partial charge in [0, 0.05) is 60.0 Å². The number of halogens is 8. The molecule has 3 N–H and O–H groups in total. The molecule has 0 bridgehead atoms. The zero-order valence-corrected chi connectivity index (χ0v) is 58.9. The van der Waals surface area contributed by atoms with Crippen LogP contribution in [0.4, 0.5) is 43.4 Å². The van der Waals surface area contributed by atoms with Gasteiger partial charge in [0.05, 0.1) is 0 Å². The van der Waals surface area contributed by atoms with E-state index in [1.807, 2.05) is 62.4 Å². The summed E-state index contributed by atoms with van der Waals surface area (Å²) in [4.78, 5) is 92.8. The smallest absolute Gasteiger partial charge is 0.351 e. The number of nitrogens with zero attached hydrogens (tertiary/aromatic N) is 7. The van der Waals surface area contributed by atoms with Gasteiger partial charge in [0.25, 0.3) is 0 Å². The third kappa shape index (κ3) is 20.0. The molecule has 0 radical (unpaired) electrons. The molecule has 528 valence electrons. The molecule has 3 fully saturated rings. The highest BCUT2D eigenvalue weighted by atomic mass is 127. The number of benzene rings is 6. The monoisotopic (exact) mass is 1510 g/mol. The molecule has 0 spiro atoms. The van der Waals surface area contributed by atoms with Gasteiger partial charge in [0.2, 0.25) is 41.3 Å². The van der Waals surface area contributed by atoms with Crippen molar-refractivity contribution < 1.29 is 55.1 Å². The van der Waals surface area contributed by atoms with Crippen molar-refractivity contribution in [2.75, 3.05) is 20.6 Å². The Morgan fingerprint density at radius 3 is 1.10 bits per heavy atom. The Hall–Kier alpha value is -8.84. The number of carbonyl (C=O) groups excluding carboxylic acids is 6. The molecule has 6 aromatic carbocycles. The number of aryl methyl sites for hydroxylation is 3. The fraction of sp³-hybridized carbons (Fsp3) is 0.368. The van der Waals surface area contributed by atoms with E-state index in [4.69, 9.17) is 11.6 Å². The first-order chi connectivity index (χ1) is 48.1. The summed E-state index contributed by atoms with van der Waals surface area (Å²) >= 11 is 7.95. The Bertz CT molecular complexity index is 4100. The van der Waals surface area contributed by atoms with Crippen LogP contribution in [-0.4, -0.2) is 78.6 Å². The van der Waals surface area contributed by atoms with Gasteiger partial charge in [-0.05, 0) is 170 Å². The molecule has 24 heteroatoms. The zero-order chi connectivity index (χ0) is 71.5. The molecular weight excluding hydrogens is 1430 g/mol. The standard InChI is InChI=1S/C27H28F4N4O2.C26H28FIN4O2.C23H26ClFN2O2/c1-18-8-5-6-13-22(18)24(25(37)33-20-10-3-2-4-11-20)35(21-12-7-9-19(28)16-21)23(36)17-34-15-14-32-26(34)27(29,30)31;1-18-8-5-6-13-22(18)24(25(34)30-20-10-3-2-4-11-20)32(21-12-7-9-19(27)16-21)23(33)17-31-15-14-29-26(31)28;1-16-8-5-6-13-20(16)22(23(29)26-18-10-3-2-4-11-18)27(21(28)15-24)19-12-7-9-17(25)14-19/h5-9,12-16,20,24H,2-4,10-11,17H2,1H3,(H,33,37);5-9,12-16,20,24H,2-4,10-11,17H2,1H3,(H,30,34);5-9,12-14,18,22H,2-4,10-11,15H2,1H3,(H,26,29). The predicted octanol–water partition coefficient (Wildman–Crippen LogP) is 15.6. The van der Waals surface area contributed by atoms with E-state index < -0.39 is 71.8 Å². The quantitative estimate of drug-likeness (QED) is 0.0382. The highest BCUT2D eigenvalue weighted by molar-refractivity contribution is 14.1. The van der Waals surface area contributed by atoms with Crippen LogP contribution < -0.4 is 30.7 Å². The third-order valence-electron chi connectivity index (χ3n) is 18.2. The molecule has 0 saturated heterocycles. The maximum absolute atomic E-state index is 14.3. The Morgan fingerprint density at radius 1 is 0.470 bits per heavy atom. The molecule has 11 rings (SSSR count). The van der Waals surface area contributed by atoms with Crippen LogP contribution in [0.1, 0.15) is 154 Å². The number of alkyl halides is 4. The van der Waals surface area contributed by atoms with Crippen LogP contribution in [-0.2, 0) is 48.0 Å². The van der Waals surface area contributed by atoms with Gasteiger partial charge in [0.15, 0.2) is 3.83 Å². The van der Waals surface area contributed by atoms with Crippen LogP contribution in [0, 0.1) is 42.1 Å². The van der Waals surface area contributed by atoms with E-state index in [-0.39, 0.29) is 54.0 Å². The second kappa shape index (κ2) is 36.0. The minimum Gasteiger partial charge on any atom is -0.351 e. The molecule has 3 atom stereocenters. The molecule has 8 aromatic rings. The minimum absolute atomic E-state index is 0.0200. The number of carbonyl (C=O) groups is 6. The molecule has 2 aromatic heterocycles. The molecule has 6 amide bonds. The van der Waals surface area contributed by atoms with Crippen molar-refractivity contribution in [3.05, 3.63) is 231 Å². The lowest BCUT2D eigenvalue weighted by molar-refractivity contribution is -0.147. The van der Waals surface area contributed by atoms with Crippen molar-refractivity contribution in [1.82, 2.24) is 35.1 Å². The summed E-state index contributed by atoms with van der Waals surface area (Å²) in [6.45, 7) is 4.83. The molecular formula is C76H82ClF6IN10O6. The maximum atomic E-state index is 14.3. The van der Waals surface area contributed by atoms with E-state index in [0.29, 0.717) is 42.0 Å². The first kappa shape index (κ1) is 75.4. The SMILES string of the molecule is Cc1ccccc1C(C(=O)NC1CCCCC1)N(C(=O)CCl)c1cccc(F)c1.Cc1ccccc1C(C(=O)NC1CCCCC1)N(C(=O)Cn1ccnc1C(F)(F)F)c1cccc(F)c1.Cc1ccccc1C(C(=O)NC1CCCCC1)N(C(=O)Cn1ccnc1I)c1cccc(F)c1. The number of nitrogens with one attached hydrogen (secondary N) is 3. The Kier molecular flexibility index (Phi) is 27.1. The van der Waals surface area contributed by atoms with E-state index >= 15 is 0 Å². The summed E-state index contributed by atoms with van der Waals surface area (Å²) in [6.07, 6.45) is 15.5. The van der Waals surface area contributed by atoms with Crippen molar-refractivity contribution in [1.29, 1.82) is 0 Å². The first-order valence-corrected chi connectivity index (χ1v) is 35.3. The Labute approximate surface area is 597 Å². The van der Waals surface area contributed by atoms with Crippen molar-refractivity contribution in [3.63, 3.8) is 0 Å². The number of rotatable bonds is 20. The van der Waals surface area contributed by atoms with Crippen molar-refractivity contribution in [2.45, 2.75) is 173 Å². The van der Waals surface area contributed by atoms with Gasteiger partial charge in [-0.3, -0.25) is 43.5 Å². The van der Waals surface area contributed by atoms with Gasteiger partial charge >= 0.3 is 6.18 Å². The zero-order valence-electron chi connectivity index (χ0n) is 56.0. The van der Waals surface area contributed by atoms with Gasteiger partial charge in [-0.1, -0.05) is 149 Å². The van der Waals surface area contributed by atoms with Gasteiger partial charge in [-0.15, -0.1) is 11.6 Å². The topological polar surface area (TPSA) is 184 Å². The second-order valence-corrected chi connectivity index (χ2v) is 26.6. The summed E-state index contributed by atoms with van der Waals surface area (Å²) in [7, 11) is 0. The molecule has 2 heterocycles. The lowest BCUT2D eigenvalue weighted by Gasteiger charge is -2.34. The largest absolute Gasteiger partial charge is 0.449 e. The lowest BCUT2D eigenvalue weighted by Crippen LogP contribution is -2.48. The fourth-order valence-corrected chi connectivity index (χ4v) is 13.9. The van der Waals surface area contributed by atoms with Crippen LogP contribution in [0.5, 0.6) is 0 Å². The van der Waals surface area contributed by atoms with Gasteiger partial charge < -0.3 is 25.1 Å². The summed E-state index contributed by atoms with van der Waals surface area (Å²) < 4.78 is 86.0. The predicted molar refractivity (Wildman–Crippen MR) is 381 cm³/mol. The van der Waals surface area contributed by atoms with Crippen LogP contribution in [0.3, 0.4) is 0 Å². The highest BCUT2D eigenvalue weighted by Gasteiger charge is 2.41. The van der Waals surface area contributed by atoms with E-state index in [1.165, 1.54) is 71.2 Å². The van der Waals surface area contributed by atoms with Crippen molar-refractivity contribution in [2.24, 2.45) is 0 Å². The van der Waals surface area contributed by atoms with Crippen molar-refractivity contribution >= 4 is 86.7 Å². The van der Waals surface area contributed by atoms with Crippen LogP contribution in [0.15, 0.2) is 170 Å². The molecule has 0 aliphatic heterocycles. The van der Waals surface area contributed by atoms with Gasteiger partial charge in [-0.2, -0.15) is 13.2 Å². The summed E-state index contributed by atoms with van der Waals surface area (Å²) in [5.41, 5.74) is 5.09. The lowest BCUT2D eigenvalue weighted by atomic mass is 9.93. The summed E-state index contributed by atoms with van der Waals surface area (Å²) in [5.74, 6) is -5.73. The second-order valence-electron chi connectivity index (χ2n) is 25.4. The summed E-state index contributed by atoms with van der Waals surface area (Å²) in [6, 6.07) is 35.6. The van der Waals surface area contributed by atoms with Crippen LogP contribution >= 0.6 is 34.2 Å². The summed E-state index contributed by atoms with van der Waals surface area (Å²) in [5, 5.41) is 9.34. The number of hydrogen-bond acceptors (Lipinski definition) is 8. The van der Waals surface area contributed by atoms with E-state index in [0.717, 1.165) is 118 Å². The number of imidazole rings is 2. The van der Waals surface area contributed by atoms with E-state index in [9.17, 15) is 55.1 Å². The van der Waals surface area contributed by atoms with E-state index in [2.05, 4.69) is 48.5 Å². The van der Waals surface area contributed by atoms with Crippen molar-refractivity contribution in [3.8, 4) is 0 Å². The molecule has 100 heavy (non-hydrogen) atoms. The van der Waals surface area contributed by atoms with Gasteiger partial charge in [-0.25, -0.2) is 23.1 Å². The molecule has 3 unspecified atom stereocenters. The molecule has 3 aliphatic carbocycles. The number of amides is 6. The Morgan fingerprint density at radius 2 is 0.790 bits per heavy atom. The number of anilines is 3. The number of aromatic nitrogens is 4. The molecule has 16 nitrogen and oxygen atoms in total. The molecule has 3 saturated carbocycles.